The van der Waals surface area contributed by atoms with Crippen LogP contribution in [0.2, 0.25) is 0 Å². The average Bonchev–Trinajstić information content (AvgIpc) is 3.83. The maximum atomic E-state index is 14.2. The third-order valence-corrected chi connectivity index (χ3v) is 13.3. The van der Waals surface area contributed by atoms with Crippen molar-refractivity contribution in [1.29, 1.82) is 0 Å². The number of hydrogen-bond acceptors (Lipinski definition) is 8. The van der Waals surface area contributed by atoms with Crippen LogP contribution in [-0.2, 0) is 19.8 Å². The molecular weight excluding hydrogens is 830 g/mol. The molecule has 3 fully saturated rings. The molecule has 3 saturated heterocycles. The second-order valence-electron chi connectivity index (χ2n) is 16.8. The summed E-state index contributed by atoms with van der Waals surface area (Å²) in [5.41, 5.74) is 5.43. The monoisotopic (exact) mass is 890 g/mol. The van der Waals surface area contributed by atoms with Gasteiger partial charge in [-0.3, -0.25) is 19.5 Å². The van der Waals surface area contributed by atoms with Gasteiger partial charge in [0.25, 0.3) is 0 Å². The summed E-state index contributed by atoms with van der Waals surface area (Å²) in [6, 6.07) is 16.2. The number of aldehydes is 3. The minimum Gasteiger partial charge on any atom is -0.371 e. The Morgan fingerprint density at radius 1 is 0.917 bits per heavy atom. The lowest BCUT2D eigenvalue weighted by Crippen LogP contribution is -2.46. The molecule has 4 aliphatic rings. The number of benzene rings is 3. The first-order chi connectivity index (χ1) is 28.9. The fraction of sp³-hybridized carbons (Fsp3) is 0.511. The van der Waals surface area contributed by atoms with Crippen LogP contribution in [-0.4, -0.2) is 107 Å². The predicted octanol–water partition coefficient (Wildman–Crippen LogP) is 8.43. The first-order valence-electron chi connectivity index (χ1n) is 21.2. The number of aliphatic imine (C=N–C) groups is 1. The number of amidine groups is 1. The third kappa shape index (κ3) is 10.4. The van der Waals surface area contributed by atoms with Gasteiger partial charge < -0.3 is 29.6 Å². The molecule has 2 unspecified atom stereocenters. The Morgan fingerprint density at radius 2 is 1.58 bits per heavy atom. The number of halogens is 3. The molecule has 0 spiro atoms. The van der Waals surface area contributed by atoms with E-state index in [0.717, 1.165) is 40.3 Å². The molecule has 60 heavy (non-hydrogen) atoms. The number of likely N-dealkylation sites (tertiary alicyclic amines) is 2. The van der Waals surface area contributed by atoms with Gasteiger partial charge in [-0.15, -0.1) is 0 Å². The van der Waals surface area contributed by atoms with Gasteiger partial charge >= 0.3 is 0 Å². The molecule has 324 valence electrons. The van der Waals surface area contributed by atoms with Gasteiger partial charge in [0.2, 0.25) is 6.41 Å². The van der Waals surface area contributed by atoms with Gasteiger partial charge in [0.05, 0.1) is 16.9 Å². The van der Waals surface area contributed by atoms with E-state index in [1.807, 2.05) is 32.2 Å². The molecular formula is C47H61BrF2N6O4. The number of nitrogens with zero attached hydrogens (tertiary/aromatic N) is 5. The SMILES string of the molecule is CCCC(C=O)c1c(F)cc(N2CCC(C=O)C2)cc1F.CN=C1N(c2cccc(Br)c2C=O)c2cc(C3CCN(C4CCN(C)CC4)CC3)ccc2C1(C)C.CNC=O. The van der Waals surface area contributed by atoms with E-state index in [4.69, 9.17) is 9.79 Å². The molecule has 1 amide bonds. The number of piperidine rings is 2. The zero-order valence-corrected chi connectivity index (χ0v) is 37.5. The zero-order chi connectivity index (χ0) is 43.6. The molecule has 10 nitrogen and oxygen atoms in total. The van der Waals surface area contributed by atoms with Crippen molar-refractivity contribution >= 4 is 64.1 Å². The van der Waals surface area contributed by atoms with E-state index in [1.54, 1.807) is 11.9 Å². The van der Waals surface area contributed by atoms with Crippen LogP contribution in [0.1, 0.15) is 105 Å². The first kappa shape index (κ1) is 46.7. The van der Waals surface area contributed by atoms with Gasteiger partial charge in [-0.1, -0.05) is 31.5 Å². The highest BCUT2D eigenvalue weighted by Crippen LogP contribution is 2.49. The van der Waals surface area contributed by atoms with Crippen LogP contribution < -0.4 is 15.1 Å². The number of nitrogens with one attached hydrogen (secondary N) is 1. The van der Waals surface area contributed by atoms with Gasteiger partial charge in [0.1, 0.15) is 30.0 Å². The Hall–Kier alpha value is -4.33. The van der Waals surface area contributed by atoms with E-state index < -0.39 is 17.6 Å². The molecule has 0 saturated carbocycles. The van der Waals surface area contributed by atoms with Crippen LogP contribution >= 0.6 is 15.9 Å². The summed E-state index contributed by atoms with van der Waals surface area (Å²) < 4.78 is 29.2. The number of amides is 1. The van der Waals surface area contributed by atoms with Crippen LogP contribution in [0.15, 0.2) is 58.0 Å². The number of rotatable bonds is 11. The number of fused-ring (bicyclic) bond motifs is 1. The minimum atomic E-state index is -0.745. The highest BCUT2D eigenvalue weighted by molar-refractivity contribution is 9.10. The Kier molecular flexibility index (Phi) is 16.7. The highest BCUT2D eigenvalue weighted by atomic mass is 79.9. The third-order valence-electron chi connectivity index (χ3n) is 12.6. The lowest BCUT2D eigenvalue weighted by molar-refractivity contribution is -0.111. The van der Waals surface area contributed by atoms with Crippen molar-refractivity contribution < 1.29 is 28.0 Å². The summed E-state index contributed by atoms with van der Waals surface area (Å²) in [4.78, 5) is 56.9. The van der Waals surface area contributed by atoms with Gasteiger partial charge in [-0.05, 0) is 149 Å². The molecule has 2 atom stereocenters. The van der Waals surface area contributed by atoms with Gasteiger partial charge in [0.15, 0.2) is 6.29 Å². The molecule has 1 N–H and O–H groups in total. The predicted molar refractivity (Wildman–Crippen MR) is 240 cm³/mol. The fourth-order valence-corrected chi connectivity index (χ4v) is 9.73. The van der Waals surface area contributed by atoms with Gasteiger partial charge in [0, 0.05) is 66.2 Å². The highest BCUT2D eigenvalue weighted by Gasteiger charge is 2.43. The normalized spacial score (nSPS) is 20.7. The van der Waals surface area contributed by atoms with E-state index in [9.17, 15) is 23.2 Å². The lowest BCUT2D eigenvalue weighted by atomic mass is 9.83. The molecule has 4 aliphatic heterocycles. The van der Waals surface area contributed by atoms with E-state index >= 15 is 0 Å². The largest absolute Gasteiger partial charge is 0.371 e. The maximum absolute atomic E-state index is 14.2. The van der Waals surface area contributed by atoms with Gasteiger partial charge in [-0.2, -0.15) is 0 Å². The van der Waals surface area contributed by atoms with E-state index in [0.29, 0.717) is 62.2 Å². The minimum absolute atomic E-state index is 0.0846. The Morgan fingerprint density at radius 3 is 2.13 bits per heavy atom. The zero-order valence-electron chi connectivity index (χ0n) is 35.9. The summed E-state index contributed by atoms with van der Waals surface area (Å²) in [5.74, 6) is -0.662. The molecule has 0 aromatic heterocycles. The summed E-state index contributed by atoms with van der Waals surface area (Å²) in [7, 11) is 5.66. The van der Waals surface area contributed by atoms with E-state index in [-0.39, 0.29) is 16.9 Å². The molecule has 3 aromatic carbocycles. The standard InChI is InChI=1S/C29H37BrN4O.C16H19F2NO2.C2H5NO/c1-29(2)24-9-8-21(20-10-16-33(17-11-20)22-12-14-32(4)15-13-22)18-27(24)34(28(29)31-3)26-7-5-6-25(30)23(26)19-35;1-2-3-12(10-21)16-14(17)6-13(7-15(16)18)19-5-4-11(8-19)9-20;1-3-2-4/h5-9,18-20,22H,10-17H2,1-4H3;6-7,9-12H,2-5,8H2,1H3;2H,1H3,(H,3,4). The molecule has 7 rings (SSSR count). The maximum Gasteiger partial charge on any atom is 0.206 e. The van der Waals surface area contributed by atoms with Crippen molar-refractivity contribution in [3.8, 4) is 0 Å². The Balaban J connectivity index is 0.000000232. The van der Waals surface area contributed by atoms with Crippen molar-refractivity contribution in [2.24, 2.45) is 10.9 Å². The number of anilines is 3. The van der Waals surface area contributed by atoms with Crippen molar-refractivity contribution in [3.63, 3.8) is 0 Å². The smallest absolute Gasteiger partial charge is 0.206 e. The fourth-order valence-electron chi connectivity index (χ4n) is 9.28. The molecule has 13 heteroatoms. The summed E-state index contributed by atoms with van der Waals surface area (Å²) in [6.07, 6.45) is 9.86. The average molecular weight is 892 g/mol. The van der Waals surface area contributed by atoms with Gasteiger partial charge in [-0.25, -0.2) is 8.78 Å². The number of hydrogen-bond donors (Lipinski definition) is 1. The molecule has 4 heterocycles. The molecule has 3 aromatic rings. The van der Waals surface area contributed by atoms with Crippen LogP contribution in [0.5, 0.6) is 0 Å². The molecule has 0 aliphatic carbocycles. The Labute approximate surface area is 362 Å². The second-order valence-corrected chi connectivity index (χ2v) is 17.7. The van der Waals surface area contributed by atoms with Crippen LogP contribution in [0.25, 0.3) is 0 Å². The Bertz CT molecular complexity index is 1970. The molecule has 0 bridgehead atoms. The van der Waals surface area contributed by atoms with Crippen molar-refractivity contribution in [2.75, 3.05) is 70.2 Å². The summed E-state index contributed by atoms with van der Waals surface area (Å²) >= 11 is 3.58. The van der Waals surface area contributed by atoms with Crippen molar-refractivity contribution in [1.82, 2.24) is 15.1 Å². The summed E-state index contributed by atoms with van der Waals surface area (Å²) in [5, 5.41) is 2.25. The van der Waals surface area contributed by atoms with Crippen molar-refractivity contribution in [2.45, 2.75) is 89.0 Å². The van der Waals surface area contributed by atoms with Crippen LogP contribution in [0.4, 0.5) is 25.8 Å². The van der Waals surface area contributed by atoms with E-state index in [2.05, 4.69) is 75.0 Å². The van der Waals surface area contributed by atoms with Crippen LogP contribution in [0, 0.1) is 17.6 Å². The quantitative estimate of drug-likeness (QED) is 0.192. The number of carbonyl (C=O) groups is 4. The summed E-state index contributed by atoms with van der Waals surface area (Å²) in [6.45, 7) is 12.2. The number of carbonyl (C=O) groups excluding carboxylic acids is 4. The lowest BCUT2D eigenvalue weighted by Gasteiger charge is -2.41. The van der Waals surface area contributed by atoms with Crippen LogP contribution in [0.3, 0.4) is 0 Å². The van der Waals surface area contributed by atoms with Crippen molar-refractivity contribution in [3.05, 3.63) is 86.9 Å². The second kappa shape index (κ2) is 21.5. The first-order valence-corrected chi connectivity index (χ1v) is 22.0. The molecule has 0 radical (unpaired) electrons. The topological polar surface area (TPSA) is 106 Å². The van der Waals surface area contributed by atoms with E-state index in [1.165, 1.54) is 75.1 Å².